The highest BCUT2D eigenvalue weighted by atomic mass is 19.4. The third-order valence-corrected chi connectivity index (χ3v) is 4.64. The second kappa shape index (κ2) is 7.58. The maximum absolute atomic E-state index is 12.7. The minimum atomic E-state index is -4.41. The van der Waals surface area contributed by atoms with Crippen LogP contribution in [0.15, 0.2) is 36.7 Å². The molecule has 0 saturated carbocycles. The average molecular weight is 353 g/mol. The van der Waals surface area contributed by atoms with Crippen molar-refractivity contribution >= 4 is 0 Å². The number of aromatic nitrogens is 2. The van der Waals surface area contributed by atoms with Crippen LogP contribution in [-0.4, -0.2) is 41.3 Å². The van der Waals surface area contributed by atoms with Crippen LogP contribution in [0.1, 0.15) is 24.2 Å². The van der Waals surface area contributed by atoms with Gasteiger partial charge in [0.1, 0.15) is 5.69 Å². The number of hydrogen-bond donors (Lipinski definition) is 0. The Kier molecular flexibility index (Phi) is 5.44. The lowest BCUT2D eigenvalue weighted by atomic mass is 9.98. The maximum Gasteiger partial charge on any atom is 0.433 e. The van der Waals surface area contributed by atoms with Gasteiger partial charge in [0.2, 0.25) is 0 Å². The molecule has 0 bridgehead atoms. The lowest BCUT2D eigenvalue weighted by Crippen LogP contribution is -2.35. The molecule has 0 radical (unpaired) electrons. The Labute approximate surface area is 145 Å². The van der Waals surface area contributed by atoms with E-state index in [1.165, 1.54) is 12.3 Å². The third-order valence-electron chi connectivity index (χ3n) is 4.64. The Balaban J connectivity index is 1.67. The van der Waals surface area contributed by atoms with Crippen molar-refractivity contribution in [3.05, 3.63) is 48.0 Å². The SMILES string of the molecule is COCC1CCN(Cc2cccn2-c2ccc(C(F)(F)F)nc2)CC1. The normalized spacial score (nSPS) is 17.1. The maximum atomic E-state index is 12.7. The zero-order valence-electron chi connectivity index (χ0n) is 14.2. The van der Waals surface area contributed by atoms with E-state index in [0.29, 0.717) is 11.6 Å². The monoisotopic (exact) mass is 353 g/mol. The molecule has 7 heteroatoms. The van der Waals surface area contributed by atoms with Gasteiger partial charge in [-0.05, 0) is 56.1 Å². The van der Waals surface area contributed by atoms with Gasteiger partial charge < -0.3 is 9.30 Å². The number of methoxy groups -OCH3 is 1. The first-order valence-corrected chi connectivity index (χ1v) is 8.38. The molecule has 0 atom stereocenters. The third kappa shape index (κ3) is 4.41. The van der Waals surface area contributed by atoms with Crippen LogP contribution in [0.3, 0.4) is 0 Å². The smallest absolute Gasteiger partial charge is 0.384 e. The molecule has 1 aliphatic heterocycles. The predicted molar refractivity (Wildman–Crippen MR) is 88.4 cm³/mol. The van der Waals surface area contributed by atoms with Crippen LogP contribution >= 0.6 is 0 Å². The molecule has 3 rings (SSSR count). The van der Waals surface area contributed by atoms with Gasteiger partial charge in [-0.3, -0.25) is 4.90 Å². The first-order valence-electron chi connectivity index (χ1n) is 8.38. The molecule has 2 aromatic heterocycles. The summed E-state index contributed by atoms with van der Waals surface area (Å²) in [6.45, 7) is 3.59. The summed E-state index contributed by atoms with van der Waals surface area (Å²) >= 11 is 0. The number of likely N-dealkylation sites (tertiary alicyclic amines) is 1. The van der Waals surface area contributed by atoms with Crippen LogP contribution in [0.2, 0.25) is 0 Å². The second-order valence-corrected chi connectivity index (χ2v) is 6.44. The van der Waals surface area contributed by atoms with E-state index in [4.69, 9.17) is 4.74 Å². The first-order chi connectivity index (χ1) is 12.0. The largest absolute Gasteiger partial charge is 0.433 e. The zero-order chi connectivity index (χ0) is 17.9. The average Bonchev–Trinajstić information content (AvgIpc) is 3.04. The summed E-state index contributed by atoms with van der Waals surface area (Å²) in [5.74, 6) is 0.618. The van der Waals surface area contributed by atoms with Crippen LogP contribution in [0.4, 0.5) is 13.2 Å². The summed E-state index contributed by atoms with van der Waals surface area (Å²) in [4.78, 5) is 5.92. The topological polar surface area (TPSA) is 30.3 Å². The van der Waals surface area contributed by atoms with Gasteiger partial charge in [-0.1, -0.05) is 0 Å². The number of alkyl halides is 3. The number of nitrogens with zero attached hydrogens (tertiary/aromatic N) is 3. The summed E-state index contributed by atoms with van der Waals surface area (Å²) < 4.78 is 45.1. The number of hydrogen-bond acceptors (Lipinski definition) is 3. The fraction of sp³-hybridized carbons (Fsp3) is 0.500. The van der Waals surface area contributed by atoms with Crippen LogP contribution in [0, 0.1) is 5.92 Å². The van der Waals surface area contributed by atoms with Crippen LogP contribution in [0.5, 0.6) is 0 Å². The quantitative estimate of drug-likeness (QED) is 0.820. The first kappa shape index (κ1) is 17.9. The van der Waals surface area contributed by atoms with Crippen molar-refractivity contribution in [1.82, 2.24) is 14.5 Å². The van der Waals surface area contributed by atoms with Gasteiger partial charge in [-0.2, -0.15) is 13.2 Å². The Hall–Kier alpha value is -1.86. The van der Waals surface area contributed by atoms with E-state index in [0.717, 1.165) is 50.8 Å². The van der Waals surface area contributed by atoms with Gasteiger partial charge in [-0.15, -0.1) is 0 Å². The van der Waals surface area contributed by atoms with Crippen molar-refractivity contribution in [1.29, 1.82) is 0 Å². The highest BCUT2D eigenvalue weighted by molar-refractivity contribution is 5.34. The standard InChI is InChI=1S/C18H22F3N3O/c1-25-13-14-6-9-23(10-7-14)12-16-3-2-8-24(16)15-4-5-17(22-11-15)18(19,20)21/h2-5,8,11,14H,6-7,9-10,12-13H2,1H3. The Bertz CT molecular complexity index is 674. The van der Waals surface area contributed by atoms with Crippen LogP contribution in [0.25, 0.3) is 5.69 Å². The molecule has 3 heterocycles. The van der Waals surface area contributed by atoms with Gasteiger partial charge in [-0.25, -0.2) is 4.98 Å². The molecule has 1 fully saturated rings. The summed E-state index contributed by atoms with van der Waals surface area (Å²) in [5, 5.41) is 0. The summed E-state index contributed by atoms with van der Waals surface area (Å²) in [7, 11) is 1.73. The van der Waals surface area contributed by atoms with Gasteiger partial charge >= 0.3 is 6.18 Å². The van der Waals surface area contributed by atoms with Crippen molar-refractivity contribution in [2.45, 2.75) is 25.6 Å². The molecular formula is C18H22F3N3O. The minimum absolute atomic E-state index is 0.618. The number of pyridine rings is 1. The Morgan fingerprint density at radius 1 is 1.20 bits per heavy atom. The molecule has 0 unspecified atom stereocenters. The Morgan fingerprint density at radius 2 is 1.96 bits per heavy atom. The molecule has 0 aromatic carbocycles. The number of ether oxygens (including phenoxy) is 1. The van der Waals surface area contributed by atoms with E-state index in [1.54, 1.807) is 7.11 Å². The predicted octanol–water partition coefficient (Wildman–Crippen LogP) is 3.75. The van der Waals surface area contributed by atoms with Crippen molar-refractivity contribution in [3.63, 3.8) is 0 Å². The van der Waals surface area contributed by atoms with Crippen LogP contribution < -0.4 is 0 Å². The highest BCUT2D eigenvalue weighted by Gasteiger charge is 2.32. The van der Waals surface area contributed by atoms with Crippen molar-refractivity contribution < 1.29 is 17.9 Å². The van der Waals surface area contributed by atoms with Gasteiger partial charge in [0.15, 0.2) is 0 Å². The molecular weight excluding hydrogens is 331 g/mol. The van der Waals surface area contributed by atoms with Crippen LogP contribution in [-0.2, 0) is 17.5 Å². The molecule has 0 spiro atoms. The van der Waals surface area contributed by atoms with E-state index in [2.05, 4.69) is 9.88 Å². The molecule has 1 aliphatic rings. The highest BCUT2D eigenvalue weighted by Crippen LogP contribution is 2.28. The zero-order valence-corrected chi connectivity index (χ0v) is 14.2. The van der Waals surface area contributed by atoms with E-state index in [-0.39, 0.29) is 0 Å². The summed E-state index contributed by atoms with van der Waals surface area (Å²) in [5.41, 5.74) is 0.819. The number of rotatable bonds is 5. The number of halogens is 3. The molecule has 25 heavy (non-hydrogen) atoms. The van der Waals surface area contributed by atoms with Crippen molar-refractivity contribution in [2.24, 2.45) is 5.92 Å². The fourth-order valence-electron chi connectivity index (χ4n) is 3.27. The number of piperidine rings is 1. The van der Waals surface area contributed by atoms with Crippen molar-refractivity contribution in [3.8, 4) is 5.69 Å². The molecule has 136 valence electrons. The van der Waals surface area contributed by atoms with Gasteiger partial charge in [0, 0.05) is 32.2 Å². The van der Waals surface area contributed by atoms with E-state index in [9.17, 15) is 13.2 Å². The molecule has 1 saturated heterocycles. The van der Waals surface area contributed by atoms with Gasteiger partial charge in [0.25, 0.3) is 0 Å². The summed E-state index contributed by atoms with van der Waals surface area (Å²) in [6.07, 6.45) is 0.936. The summed E-state index contributed by atoms with van der Waals surface area (Å²) in [6, 6.07) is 6.39. The minimum Gasteiger partial charge on any atom is -0.384 e. The van der Waals surface area contributed by atoms with Crippen molar-refractivity contribution in [2.75, 3.05) is 26.8 Å². The fourth-order valence-corrected chi connectivity index (χ4v) is 3.27. The van der Waals surface area contributed by atoms with E-state index in [1.807, 2.05) is 22.9 Å². The second-order valence-electron chi connectivity index (χ2n) is 6.44. The molecule has 2 aromatic rings. The van der Waals surface area contributed by atoms with Gasteiger partial charge in [0.05, 0.1) is 11.9 Å². The molecule has 4 nitrogen and oxygen atoms in total. The molecule has 0 N–H and O–H groups in total. The molecule has 0 aliphatic carbocycles. The lowest BCUT2D eigenvalue weighted by Gasteiger charge is -2.31. The lowest BCUT2D eigenvalue weighted by molar-refractivity contribution is -0.141. The Morgan fingerprint density at radius 3 is 2.56 bits per heavy atom. The van der Waals surface area contributed by atoms with E-state index < -0.39 is 11.9 Å². The molecule has 0 amide bonds. The van der Waals surface area contributed by atoms with E-state index >= 15 is 0 Å².